The van der Waals surface area contributed by atoms with E-state index >= 15 is 0 Å². The Balaban J connectivity index is 1.76. The zero-order chi connectivity index (χ0) is 13.5. The number of nitrogens with one attached hydrogen (secondary N) is 1. The monoisotopic (exact) mass is 264 g/mol. The molecule has 0 aromatic carbocycles. The number of nitrogens with zero attached hydrogens (tertiary/aromatic N) is 1. The van der Waals surface area contributed by atoms with E-state index in [1.165, 1.54) is 31.2 Å². The number of ether oxygens (including phenoxy) is 1. The van der Waals surface area contributed by atoms with Crippen molar-refractivity contribution in [2.75, 3.05) is 13.2 Å². The van der Waals surface area contributed by atoms with Crippen molar-refractivity contribution in [2.45, 2.75) is 64.6 Å². The summed E-state index contributed by atoms with van der Waals surface area (Å²) < 4.78 is 7.99. The van der Waals surface area contributed by atoms with Crippen molar-refractivity contribution < 1.29 is 4.74 Å². The van der Waals surface area contributed by atoms with Gasteiger partial charge in [-0.1, -0.05) is 13.8 Å². The van der Waals surface area contributed by atoms with E-state index in [9.17, 15) is 0 Å². The molecule has 1 fully saturated rings. The summed E-state index contributed by atoms with van der Waals surface area (Å²) >= 11 is 0. The Bertz CT molecular complexity index is 355. The fraction of sp³-hybridized carbons (Fsp3) is 0.750. The molecule has 1 aromatic heterocycles. The van der Waals surface area contributed by atoms with Gasteiger partial charge in [0, 0.05) is 31.6 Å². The van der Waals surface area contributed by atoms with Crippen molar-refractivity contribution in [1.29, 1.82) is 0 Å². The minimum absolute atomic E-state index is 0.504. The van der Waals surface area contributed by atoms with Gasteiger partial charge in [-0.3, -0.25) is 0 Å². The summed E-state index contributed by atoms with van der Waals surface area (Å²) in [6.45, 7) is 7.52. The normalized spacial score (nSPS) is 20.8. The van der Waals surface area contributed by atoms with Gasteiger partial charge in [-0.2, -0.15) is 0 Å². The van der Waals surface area contributed by atoms with Gasteiger partial charge in [-0.15, -0.1) is 0 Å². The van der Waals surface area contributed by atoms with Gasteiger partial charge in [0.05, 0.1) is 6.10 Å². The van der Waals surface area contributed by atoms with E-state index in [2.05, 4.69) is 42.2 Å². The minimum Gasteiger partial charge on any atom is -0.378 e. The fourth-order valence-electron chi connectivity index (χ4n) is 2.92. The van der Waals surface area contributed by atoms with Crippen LogP contribution in [0.15, 0.2) is 18.5 Å². The molecule has 0 bridgehead atoms. The second-order valence-corrected chi connectivity index (χ2v) is 5.48. The van der Waals surface area contributed by atoms with E-state index < -0.39 is 0 Å². The molecule has 19 heavy (non-hydrogen) atoms. The molecule has 3 heteroatoms. The summed E-state index contributed by atoms with van der Waals surface area (Å²) in [5.74, 6) is 0. The van der Waals surface area contributed by atoms with Crippen LogP contribution in [0.2, 0.25) is 0 Å². The molecule has 1 aliphatic rings. The first-order valence-electron chi connectivity index (χ1n) is 7.84. The zero-order valence-corrected chi connectivity index (χ0v) is 12.4. The Hall–Kier alpha value is -0.800. The lowest BCUT2D eigenvalue weighted by Gasteiger charge is -2.14. The topological polar surface area (TPSA) is 26.2 Å². The molecule has 3 nitrogen and oxygen atoms in total. The second kappa shape index (κ2) is 7.71. The van der Waals surface area contributed by atoms with Crippen LogP contribution in [0.5, 0.6) is 0 Å². The molecular formula is C16H28N2O. The van der Waals surface area contributed by atoms with Gasteiger partial charge in [0.25, 0.3) is 0 Å². The van der Waals surface area contributed by atoms with Gasteiger partial charge in [0.15, 0.2) is 0 Å². The maximum absolute atomic E-state index is 5.66. The molecule has 0 radical (unpaired) electrons. The van der Waals surface area contributed by atoms with Gasteiger partial charge in [-0.25, -0.2) is 0 Å². The Morgan fingerprint density at radius 2 is 2.37 bits per heavy atom. The van der Waals surface area contributed by atoms with Crippen molar-refractivity contribution in [2.24, 2.45) is 0 Å². The van der Waals surface area contributed by atoms with Gasteiger partial charge in [-0.05, 0) is 50.3 Å². The molecular weight excluding hydrogens is 236 g/mol. The predicted molar refractivity (Wildman–Crippen MR) is 79.3 cm³/mol. The lowest BCUT2D eigenvalue weighted by atomic mass is 10.1. The van der Waals surface area contributed by atoms with Crippen LogP contribution >= 0.6 is 0 Å². The van der Waals surface area contributed by atoms with E-state index in [0.29, 0.717) is 12.1 Å². The largest absolute Gasteiger partial charge is 0.378 e. The van der Waals surface area contributed by atoms with E-state index in [1.807, 2.05) is 0 Å². The maximum atomic E-state index is 5.66. The molecule has 0 amide bonds. The van der Waals surface area contributed by atoms with Crippen LogP contribution in [0.1, 0.15) is 57.6 Å². The quantitative estimate of drug-likeness (QED) is 0.777. The van der Waals surface area contributed by atoms with Crippen molar-refractivity contribution in [1.82, 2.24) is 9.88 Å². The van der Waals surface area contributed by atoms with Crippen molar-refractivity contribution in [3.05, 3.63) is 24.0 Å². The van der Waals surface area contributed by atoms with Crippen LogP contribution < -0.4 is 5.32 Å². The van der Waals surface area contributed by atoms with Gasteiger partial charge in [0.2, 0.25) is 0 Å². The zero-order valence-electron chi connectivity index (χ0n) is 12.4. The highest BCUT2D eigenvalue weighted by Gasteiger charge is 2.14. The number of aromatic nitrogens is 1. The molecule has 1 N–H and O–H groups in total. The van der Waals surface area contributed by atoms with Gasteiger partial charge < -0.3 is 14.6 Å². The van der Waals surface area contributed by atoms with Crippen LogP contribution in [0.4, 0.5) is 0 Å². The van der Waals surface area contributed by atoms with Gasteiger partial charge >= 0.3 is 0 Å². The molecule has 0 aliphatic carbocycles. The van der Waals surface area contributed by atoms with E-state index in [0.717, 1.165) is 26.1 Å². The number of hydrogen-bond donors (Lipinski definition) is 1. The van der Waals surface area contributed by atoms with E-state index in [-0.39, 0.29) is 0 Å². The Morgan fingerprint density at radius 1 is 1.47 bits per heavy atom. The highest BCUT2D eigenvalue weighted by Crippen LogP contribution is 2.19. The van der Waals surface area contributed by atoms with Gasteiger partial charge in [0.1, 0.15) is 0 Å². The standard InChI is InChI=1S/C16H28N2O/c1-3-16(17-4-2)14-9-11-18(13-14)10-5-7-15-8-6-12-19-15/h9,11,13,15-17H,3-8,10,12H2,1-2H3. The molecule has 1 aromatic rings. The average molecular weight is 264 g/mol. The van der Waals surface area contributed by atoms with Crippen LogP contribution in [-0.4, -0.2) is 23.8 Å². The third-order valence-corrected chi connectivity index (χ3v) is 4.00. The summed E-state index contributed by atoms with van der Waals surface area (Å²) in [5.41, 5.74) is 1.42. The minimum atomic E-state index is 0.504. The smallest absolute Gasteiger partial charge is 0.0576 e. The summed E-state index contributed by atoms with van der Waals surface area (Å²) in [7, 11) is 0. The SMILES string of the molecule is CCNC(CC)c1ccn(CCCC2CCCO2)c1. The summed E-state index contributed by atoms with van der Waals surface area (Å²) in [6, 6.07) is 2.76. The molecule has 1 saturated heterocycles. The lowest BCUT2D eigenvalue weighted by Crippen LogP contribution is -2.19. The Labute approximate surface area is 117 Å². The van der Waals surface area contributed by atoms with Crippen molar-refractivity contribution in [3.8, 4) is 0 Å². The van der Waals surface area contributed by atoms with Crippen LogP contribution in [0, 0.1) is 0 Å². The Kier molecular flexibility index (Phi) is 5.93. The maximum Gasteiger partial charge on any atom is 0.0576 e. The molecule has 2 atom stereocenters. The number of rotatable bonds is 8. The molecule has 2 rings (SSSR count). The van der Waals surface area contributed by atoms with Crippen molar-refractivity contribution >= 4 is 0 Å². The fourth-order valence-corrected chi connectivity index (χ4v) is 2.92. The average Bonchev–Trinajstić information content (AvgIpc) is 3.07. The molecule has 1 aliphatic heterocycles. The van der Waals surface area contributed by atoms with Crippen LogP contribution in [0.3, 0.4) is 0 Å². The third kappa shape index (κ3) is 4.36. The van der Waals surface area contributed by atoms with Crippen molar-refractivity contribution in [3.63, 3.8) is 0 Å². The molecule has 0 spiro atoms. The second-order valence-electron chi connectivity index (χ2n) is 5.48. The van der Waals surface area contributed by atoms with E-state index in [4.69, 9.17) is 4.74 Å². The molecule has 2 heterocycles. The first-order valence-corrected chi connectivity index (χ1v) is 7.84. The number of hydrogen-bond acceptors (Lipinski definition) is 2. The Morgan fingerprint density at radius 3 is 3.05 bits per heavy atom. The first-order chi connectivity index (χ1) is 9.33. The third-order valence-electron chi connectivity index (χ3n) is 4.00. The highest BCUT2D eigenvalue weighted by atomic mass is 16.5. The highest BCUT2D eigenvalue weighted by molar-refractivity contribution is 5.15. The predicted octanol–water partition coefficient (Wildman–Crippen LogP) is 3.51. The molecule has 0 saturated carbocycles. The molecule has 2 unspecified atom stereocenters. The first kappa shape index (κ1) is 14.6. The lowest BCUT2D eigenvalue weighted by molar-refractivity contribution is 0.101. The summed E-state index contributed by atoms with van der Waals surface area (Å²) in [6.07, 6.45) is 11.1. The molecule has 108 valence electrons. The van der Waals surface area contributed by atoms with Crippen LogP contribution in [0.25, 0.3) is 0 Å². The number of aryl methyl sites for hydroxylation is 1. The van der Waals surface area contributed by atoms with E-state index in [1.54, 1.807) is 0 Å². The summed E-state index contributed by atoms with van der Waals surface area (Å²) in [4.78, 5) is 0. The summed E-state index contributed by atoms with van der Waals surface area (Å²) in [5, 5.41) is 3.53. The van der Waals surface area contributed by atoms with Crippen LogP contribution in [-0.2, 0) is 11.3 Å².